The van der Waals surface area contributed by atoms with Crippen LogP contribution < -0.4 is 15.4 Å². The molecule has 8 nitrogen and oxygen atoms in total. The van der Waals surface area contributed by atoms with Gasteiger partial charge < -0.3 is 20.1 Å². The first-order valence-electron chi connectivity index (χ1n) is 8.67. The maximum absolute atomic E-state index is 12.7. The third kappa shape index (κ3) is 5.66. The molecule has 30 heavy (non-hydrogen) atoms. The van der Waals surface area contributed by atoms with Crippen LogP contribution in [0.25, 0.3) is 0 Å². The Kier molecular flexibility index (Phi) is 8.54. The summed E-state index contributed by atoms with van der Waals surface area (Å²) in [5.74, 6) is -0.907. The number of hydrogen-bond acceptors (Lipinski definition) is 7. The van der Waals surface area contributed by atoms with Gasteiger partial charge in [-0.25, -0.2) is 9.78 Å². The molecule has 0 spiro atoms. The first kappa shape index (κ1) is 23.5. The number of pyridine rings is 1. The Bertz CT molecular complexity index is 977. The molecule has 1 aromatic carbocycles. The summed E-state index contributed by atoms with van der Waals surface area (Å²) >= 11 is 17.6. The van der Waals surface area contributed by atoms with Crippen LogP contribution in [-0.2, 0) is 9.53 Å². The van der Waals surface area contributed by atoms with Crippen LogP contribution in [0.4, 0.5) is 11.4 Å². The fraction of sp³-hybridized carbons (Fsp3) is 0.263. The minimum absolute atomic E-state index is 0.0869. The van der Waals surface area contributed by atoms with Crippen LogP contribution in [0, 0.1) is 11.3 Å². The standard InChI is InChI=1S/C19H17Cl3N4O4/c1-2-29-12-6-4-11(5-7-12)26(9-3-8-23)13(27)10-30-19(28)17-14(20)16(24)15(21)18(22)25-17/h4-7H,2-3,9-10H2,1H3,(H2,24,25). The van der Waals surface area contributed by atoms with Crippen molar-refractivity contribution in [2.24, 2.45) is 0 Å². The average Bonchev–Trinajstić information content (AvgIpc) is 2.74. The molecule has 2 N–H and O–H groups in total. The molecule has 0 radical (unpaired) electrons. The second kappa shape index (κ2) is 10.9. The number of hydrogen-bond donors (Lipinski definition) is 1. The Labute approximate surface area is 188 Å². The molecule has 0 saturated heterocycles. The van der Waals surface area contributed by atoms with Crippen LogP contribution in [-0.4, -0.2) is 36.6 Å². The van der Waals surface area contributed by atoms with Gasteiger partial charge in [-0.15, -0.1) is 0 Å². The molecule has 2 rings (SSSR count). The van der Waals surface area contributed by atoms with Crippen LogP contribution in [0.5, 0.6) is 5.75 Å². The van der Waals surface area contributed by atoms with Crippen molar-refractivity contribution in [3.63, 3.8) is 0 Å². The highest BCUT2D eigenvalue weighted by atomic mass is 35.5. The molecule has 0 aliphatic heterocycles. The number of ether oxygens (including phenoxy) is 2. The van der Waals surface area contributed by atoms with E-state index in [1.165, 1.54) is 4.90 Å². The van der Waals surface area contributed by atoms with E-state index in [0.717, 1.165) is 0 Å². The summed E-state index contributed by atoms with van der Waals surface area (Å²) in [7, 11) is 0. The number of halogens is 3. The molecule has 1 aromatic heterocycles. The molecule has 0 atom stereocenters. The number of aromatic nitrogens is 1. The van der Waals surface area contributed by atoms with Gasteiger partial charge in [0.25, 0.3) is 5.91 Å². The quantitative estimate of drug-likeness (QED) is 0.454. The van der Waals surface area contributed by atoms with Gasteiger partial charge in [-0.2, -0.15) is 5.26 Å². The second-order valence-electron chi connectivity index (χ2n) is 5.75. The number of nitrogens with zero attached hydrogens (tertiary/aromatic N) is 3. The van der Waals surface area contributed by atoms with E-state index in [0.29, 0.717) is 18.0 Å². The first-order valence-corrected chi connectivity index (χ1v) is 9.80. The summed E-state index contributed by atoms with van der Waals surface area (Å²) in [5, 5.41) is 8.34. The lowest BCUT2D eigenvalue weighted by molar-refractivity contribution is -0.121. The fourth-order valence-electron chi connectivity index (χ4n) is 2.39. The van der Waals surface area contributed by atoms with E-state index in [1.54, 1.807) is 24.3 Å². The molecule has 1 heterocycles. The Balaban J connectivity index is 2.14. The molecule has 0 aliphatic carbocycles. The summed E-state index contributed by atoms with van der Waals surface area (Å²) in [5.41, 5.74) is 5.71. The molecule has 1 amide bonds. The number of carbonyl (C=O) groups excluding carboxylic acids is 2. The highest BCUT2D eigenvalue weighted by Gasteiger charge is 2.23. The highest BCUT2D eigenvalue weighted by molar-refractivity contribution is 6.46. The smallest absolute Gasteiger partial charge is 0.359 e. The van der Waals surface area contributed by atoms with Gasteiger partial charge >= 0.3 is 5.97 Å². The van der Waals surface area contributed by atoms with Crippen LogP contribution >= 0.6 is 34.8 Å². The van der Waals surface area contributed by atoms with Crippen molar-refractivity contribution in [1.82, 2.24) is 4.98 Å². The van der Waals surface area contributed by atoms with Crippen molar-refractivity contribution < 1.29 is 19.1 Å². The number of nitrogens with two attached hydrogens (primary N) is 1. The van der Waals surface area contributed by atoms with E-state index >= 15 is 0 Å². The number of benzene rings is 1. The van der Waals surface area contributed by atoms with Gasteiger partial charge in [-0.3, -0.25) is 4.79 Å². The van der Waals surface area contributed by atoms with Crippen molar-refractivity contribution in [3.05, 3.63) is 45.2 Å². The van der Waals surface area contributed by atoms with E-state index in [1.807, 2.05) is 13.0 Å². The number of anilines is 2. The monoisotopic (exact) mass is 470 g/mol. The molecular weight excluding hydrogens is 455 g/mol. The van der Waals surface area contributed by atoms with Crippen LogP contribution in [0.2, 0.25) is 15.2 Å². The van der Waals surface area contributed by atoms with Gasteiger partial charge in [0.15, 0.2) is 17.5 Å². The predicted molar refractivity (Wildman–Crippen MR) is 114 cm³/mol. The molecule has 2 aromatic rings. The number of rotatable bonds is 8. The summed E-state index contributed by atoms with van der Waals surface area (Å²) in [4.78, 5) is 30.0. The predicted octanol–water partition coefficient (Wildman–Crippen LogP) is 4.13. The van der Waals surface area contributed by atoms with E-state index in [4.69, 9.17) is 55.3 Å². The van der Waals surface area contributed by atoms with E-state index in [9.17, 15) is 9.59 Å². The molecule has 0 saturated carbocycles. The third-order valence-corrected chi connectivity index (χ3v) is 4.94. The van der Waals surface area contributed by atoms with Gasteiger partial charge in [-0.1, -0.05) is 34.8 Å². The Morgan fingerprint density at radius 2 is 1.87 bits per heavy atom. The number of nitrogen functional groups attached to an aromatic ring is 1. The van der Waals surface area contributed by atoms with Crippen molar-refractivity contribution in [1.29, 1.82) is 5.26 Å². The summed E-state index contributed by atoms with van der Waals surface area (Å²) < 4.78 is 10.4. The van der Waals surface area contributed by atoms with Crippen molar-refractivity contribution in [2.45, 2.75) is 13.3 Å². The van der Waals surface area contributed by atoms with Gasteiger partial charge in [0.2, 0.25) is 0 Å². The summed E-state index contributed by atoms with van der Waals surface area (Å²) in [6.07, 6.45) is 0.0869. The van der Waals surface area contributed by atoms with Crippen LogP contribution in [0.3, 0.4) is 0 Å². The van der Waals surface area contributed by atoms with Gasteiger partial charge in [0.1, 0.15) is 10.8 Å². The molecule has 0 fully saturated rings. The Morgan fingerprint density at radius 1 is 1.20 bits per heavy atom. The minimum atomic E-state index is -0.995. The van der Waals surface area contributed by atoms with Crippen LogP contribution in [0.15, 0.2) is 24.3 Å². The lowest BCUT2D eigenvalue weighted by atomic mass is 10.2. The molecule has 0 aliphatic rings. The normalized spacial score (nSPS) is 10.2. The number of amides is 1. The molecular formula is C19H17Cl3N4O4. The maximum atomic E-state index is 12.7. The zero-order valence-electron chi connectivity index (χ0n) is 15.8. The zero-order valence-corrected chi connectivity index (χ0v) is 18.1. The van der Waals surface area contributed by atoms with Gasteiger partial charge in [0.05, 0.1) is 29.8 Å². The van der Waals surface area contributed by atoms with Gasteiger partial charge in [-0.05, 0) is 31.2 Å². The largest absolute Gasteiger partial charge is 0.494 e. The van der Waals surface area contributed by atoms with E-state index < -0.39 is 18.5 Å². The molecule has 11 heteroatoms. The van der Waals surface area contributed by atoms with Crippen molar-refractivity contribution in [3.8, 4) is 11.8 Å². The van der Waals surface area contributed by atoms with Crippen LogP contribution in [0.1, 0.15) is 23.8 Å². The molecule has 0 unspecified atom stereocenters. The number of esters is 1. The minimum Gasteiger partial charge on any atom is -0.494 e. The SMILES string of the molecule is CCOc1ccc(N(CCC#N)C(=O)COC(=O)c2nc(Cl)c(Cl)c(N)c2Cl)cc1. The number of carbonyl (C=O) groups is 2. The Morgan fingerprint density at radius 3 is 2.47 bits per heavy atom. The van der Waals surface area contributed by atoms with E-state index in [2.05, 4.69) is 4.98 Å². The Hall–Kier alpha value is -2.73. The zero-order chi connectivity index (χ0) is 22.3. The topological polar surface area (TPSA) is 119 Å². The third-order valence-electron chi connectivity index (χ3n) is 3.80. The number of nitriles is 1. The average molecular weight is 472 g/mol. The first-order chi connectivity index (χ1) is 14.3. The van der Waals surface area contributed by atoms with E-state index in [-0.39, 0.29) is 39.5 Å². The fourth-order valence-corrected chi connectivity index (χ4v) is 2.97. The maximum Gasteiger partial charge on any atom is 0.359 e. The highest BCUT2D eigenvalue weighted by Crippen LogP contribution is 2.34. The lowest BCUT2D eigenvalue weighted by Crippen LogP contribution is -2.35. The second-order valence-corrected chi connectivity index (χ2v) is 6.86. The summed E-state index contributed by atoms with van der Waals surface area (Å²) in [6.45, 7) is 1.85. The molecule has 158 valence electrons. The van der Waals surface area contributed by atoms with Gasteiger partial charge in [0, 0.05) is 12.2 Å². The van der Waals surface area contributed by atoms with Crippen molar-refractivity contribution >= 4 is 58.1 Å². The lowest BCUT2D eigenvalue weighted by Gasteiger charge is -2.22. The summed E-state index contributed by atoms with van der Waals surface area (Å²) in [6, 6.07) is 8.70. The molecule has 0 bridgehead atoms. The van der Waals surface area contributed by atoms with Crippen molar-refractivity contribution in [2.75, 3.05) is 30.4 Å².